The second-order valence-electron chi connectivity index (χ2n) is 11.0. The van der Waals surface area contributed by atoms with Crippen molar-refractivity contribution < 1.29 is 0 Å². The van der Waals surface area contributed by atoms with E-state index in [-0.39, 0.29) is 0 Å². The van der Waals surface area contributed by atoms with Crippen LogP contribution in [0.15, 0.2) is 36.4 Å². The molecular weight excluding hydrogens is 360 g/mol. The third-order valence-electron chi connectivity index (χ3n) is 7.35. The molecule has 2 aromatic carbocycles. The maximum Gasteiger partial charge on any atom is -0.0153 e. The van der Waals surface area contributed by atoms with Crippen LogP contribution >= 0.6 is 0 Å². The fourth-order valence-corrected chi connectivity index (χ4v) is 5.83. The van der Waals surface area contributed by atoms with Gasteiger partial charge in [-0.25, -0.2) is 0 Å². The van der Waals surface area contributed by atoms with Gasteiger partial charge >= 0.3 is 0 Å². The Balaban J connectivity index is 1.90. The third kappa shape index (κ3) is 4.84. The highest BCUT2D eigenvalue weighted by Crippen LogP contribution is 2.46. The molecule has 0 heterocycles. The zero-order chi connectivity index (χ0) is 22.0. The average Bonchev–Trinajstić information content (AvgIpc) is 3.15. The van der Waals surface area contributed by atoms with E-state index in [1.807, 2.05) is 0 Å². The van der Waals surface area contributed by atoms with Gasteiger partial charge in [-0.15, -0.1) is 0 Å². The molecule has 0 amide bonds. The quantitative estimate of drug-likeness (QED) is 0.431. The highest BCUT2D eigenvalue weighted by molar-refractivity contribution is 5.43. The van der Waals surface area contributed by atoms with Crippen LogP contribution in [0.5, 0.6) is 0 Å². The highest BCUT2D eigenvalue weighted by Gasteiger charge is 2.31. The van der Waals surface area contributed by atoms with Crippen molar-refractivity contribution in [3.8, 4) is 0 Å². The van der Waals surface area contributed by atoms with E-state index >= 15 is 0 Å². The molecule has 1 fully saturated rings. The molecular formula is C30H44. The van der Waals surface area contributed by atoms with Crippen molar-refractivity contribution in [3.63, 3.8) is 0 Å². The number of rotatable bonds is 7. The number of benzene rings is 2. The molecule has 0 saturated heterocycles. The molecule has 0 aliphatic heterocycles. The first-order valence-corrected chi connectivity index (χ1v) is 12.4. The minimum absolute atomic E-state index is 0.602. The number of hydrogen-bond acceptors (Lipinski definition) is 0. The van der Waals surface area contributed by atoms with Crippen LogP contribution < -0.4 is 0 Å². The van der Waals surface area contributed by atoms with Gasteiger partial charge in [0.05, 0.1) is 0 Å². The van der Waals surface area contributed by atoms with Gasteiger partial charge in [-0.3, -0.25) is 0 Å². The molecule has 2 unspecified atom stereocenters. The molecule has 3 rings (SSSR count). The van der Waals surface area contributed by atoms with E-state index in [0.717, 1.165) is 11.8 Å². The van der Waals surface area contributed by atoms with Crippen LogP contribution in [0.3, 0.4) is 0 Å². The van der Waals surface area contributed by atoms with Crippen LogP contribution in [0, 0.1) is 5.92 Å². The van der Waals surface area contributed by atoms with Crippen LogP contribution in [0.1, 0.15) is 138 Å². The summed E-state index contributed by atoms with van der Waals surface area (Å²) in [5.74, 6) is 3.96. The second-order valence-corrected chi connectivity index (χ2v) is 11.0. The first-order valence-electron chi connectivity index (χ1n) is 12.4. The summed E-state index contributed by atoms with van der Waals surface area (Å²) in [5.41, 5.74) is 9.71. The minimum Gasteiger partial charge on any atom is -0.0617 e. The van der Waals surface area contributed by atoms with Crippen molar-refractivity contribution in [1.29, 1.82) is 0 Å². The lowest BCUT2D eigenvalue weighted by Crippen LogP contribution is -2.10. The summed E-state index contributed by atoms with van der Waals surface area (Å²) in [6, 6.07) is 14.1. The fourth-order valence-electron chi connectivity index (χ4n) is 5.83. The van der Waals surface area contributed by atoms with Gasteiger partial charge in [0, 0.05) is 0 Å². The number of hydrogen-bond donors (Lipinski definition) is 0. The Labute approximate surface area is 186 Å². The Morgan fingerprint density at radius 1 is 0.633 bits per heavy atom. The largest absolute Gasteiger partial charge is 0.0617 e. The topological polar surface area (TPSA) is 0 Å². The van der Waals surface area contributed by atoms with Crippen molar-refractivity contribution >= 4 is 0 Å². The van der Waals surface area contributed by atoms with Gasteiger partial charge in [0.2, 0.25) is 0 Å². The van der Waals surface area contributed by atoms with E-state index < -0.39 is 0 Å². The van der Waals surface area contributed by atoms with Crippen molar-refractivity contribution in [2.24, 2.45) is 5.92 Å². The highest BCUT2D eigenvalue weighted by atomic mass is 14.4. The summed E-state index contributed by atoms with van der Waals surface area (Å²) < 4.78 is 0. The standard InChI is InChI=1S/C30H44/c1-19(2)25-11-9-12-26(20(3)4)29(25)18-23-15-16-24(17-23)30-27(21(5)6)13-10-14-28(30)22(7)8/h9-14,19-24H,15-18H2,1-8H3. The van der Waals surface area contributed by atoms with Gasteiger partial charge < -0.3 is 0 Å². The average molecular weight is 405 g/mol. The van der Waals surface area contributed by atoms with Gasteiger partial charge in [-0.2, -0.15) is 0 Å². The first-order chi connectivity index (χ1) is 14.2. The lowest BCUT2D eigenvalue weighted by molar-refractivity contribution is 0.526. The second kappa shape index (κ2) is 9.71. The summed E-state index contributed by atoms with van der Waals surface area (Å²) in [7, 11) is 0. The molecule has 1 saturated carbocycles. The molecule has 0 bridgehead atoms. The zero-order valence-corrected chi connectivity index (χ0v) is 20.8. The van der Waals surface area contributed by atoms with Gasteiger partial charge in [-0.1, -0.05) is 91.8 Å². The van der Waals surface area contributed by atoms with Gasteiger partial charge in [0.25, 0.3) is 0 Å². The molecule has 2 aromatic rings. The molecule has 0 spiro atoms. The minimum atomic E-state index is 0.602. The predicted octanol–water partition coefficient (Wildman–Crippen LogP) is 9.31. The maximum absolute atomic E-state index is 2.39. The van der Waals surface area contributed by atoms with Crippen LogP contribution in [0.25, 0.3) is 0 Å². The lowest BCUT2D eigenvalue weighted by Gasteiger charge is -2.25. The van der Waals surface area contributed by atoms with E-state index in [2.05, 4.69) is 91.8 Å². The van der Waals surface area contributed by atoms with Gasteiger partial charge in [0.15, 0.2) is 0 Å². The summed E-state index contributed by atoms with van der Waals surface area (Å²) >= 11 is 0. The Morgan fingerprint density at radius 3 is 1.50 bits per heavy atom. The SMILES string of the molecule is CC(C)c1cccc(C(C)C)c1CC1CCC(c2c(C(C)C)cccc2C(C)C)C1. The Morgan fingerprint density at radius 2 is 1.07 bits per heavy atom. The smallest absolute Gasteiger partial charge is 0.0153 e. The van der Waals surface area contributed by atoms with E-state index in [0.29, 0.717) is 23.7 Å². The lowest BCUT2D eigenvalue weighted by atomic mass is 9.80. The zero-order valence-electron chi connectivity index (χ0n) is 20.8. The first kappa shape index (κ1) is 23.1. The summed E-state index contributed by atoms with van der Waals surface area (Å²) in [5, 5.41) is 0. The van der Waals surface area contributed by atoms with Crippen molar-refractivity contribution in [2.75, 3.05) is 0 Å². The normalized spacial score (nSPS) is 19.6. The van der Waals surface area contributed by atoms with Crippen LogP contribution in [-0.2, 0) is 6.42 Å². The molecule has 0 aromatic heterocycles. The Hall–Kier alpha value is -1.56. The van der Waals surface area contributed by atoms with Crippen molar-refractivity contribution in [3.05, 3.63) is 69.8 Å². The summed E-state index contributed by atoms with van der Waals surface area (Å²) in [6.45, 7) is 18.9. The predicted molar refractivity (Wildman–Crippen MR) is 133 cm³/mol. The van der Waals surface area contributed by atoms with E-state index in [9.17, 15) is 0 Å². The third-order valence-corrected chi connectivity index (χ3v) is 7.35. The Kier molecular flexibility index (Phi) is 7.48. The molecule has 164 valence electrons. The fraction of sp³-hybridized carbons (Fsp3) is 0.600. The van der Waals surface area contributed by atoms with Gasteiger partial charge in [0.1, 0.15) is 0 Å². The van der Waals surface area contributed by atoms with Crippen molar-refractivity contribution in [2.45, 2.75) is 111 Å². The molecule has 0 heteroatoms. The van der Waals surface area contributed by atoms with E-state index in [1.54, 1.807) is 33.4 Å². The van der Waals surface area contributed by atoms with Crippen LogP contribution in [0.4, 0.5) is 0 Å². The molecule has 1 aliphatic carbocycles. The molecule has 0 nitrogen and oxygen atoms in total. The van der Waals surface area contributed by atoms with Crippen LogP contribution in [-0.4, -0.2) is 0 Å². The van der Waals surface area contributed by atoms with E-state index in [4.69, 9.17) is 0 Å². The maximum atomic E-state index is 2.39. The van der Waals surface area contributed by atoms with Crippen molar-refractivity contribution in [1.82, 2.24) is 0 Å². The molecule has 1 aliphatic rings. The van der Waals surface area contributed by atoms with Gasteiger partial charge in [-0.05, 0) is 94.6 Å². The summed E-state index contributed by atoms with van der Waals surface area (Å²) in [6.07, 6.45) is 5.35. The molecule has 2 atom stereocenters. The molecule has 30 heavy (non-hydrogen) atoms. The van der Waals surface area contributed by atoms with E-state index in [1.165, 1.54) is 25.7 Å². The summed E-state index contributed by atoms with van der Waals surface area (Å²) in [4.78, 5) is 0. The molecule has 0 radical (unpaired) electrons. The monoisotopic (exact) mass is 404 g/mol. The van der Waals surface area contributed by atoms with Crippen LogP contribution in [0.2, 0.25) is 0 Å². The Bertz CT molecular complexity index is 785. The molecule has 0 N–H and O–H groups in total.